The lowest BCUT2D eigenvalue weighted by Gasteiger charge is -2.19. The normalized spacial score (nSPS) is 9.40. The third-order valence-corrected chi connectivity index (χ3v) is 1.55. The third-order valence-electron chi connectivity index (χ3n) is 1.55. The van der Waals surface area contributed by atoms with Gasteiger partial charge in [-0.2, -0.15) is 0 Å². The second kappa shape index (κ2) is 7.81. The van der Waals surface area contributed by atoms with Crippen LogP contribution in [0.25, 0.3) is 0 Å². The highest BCUT2D eigenvalue weighted by atomic mass is 16.5. The van der Waals surface area contributed by atoms with Crippen LogP contribution < -0.4 is 5.32 Å². The molecule has 2 amide bonds. The molecule has 2 N–H and O–H groups in total. The topological polar surface area (TPSA) is 78.9 Å². The van der Waals surface area contributed by atoms with Crippen LogP contribution in [0.1, 0.15) is 0 Å². The molecule has 0 heterocycles. The number of carbonyl (C=O) groups excluding carboxylic acids is 1. The van der Waals surface area contributed by atoms with Crippen molar-refractivity contribution >= 4 is 12.0 Å². The molecule has 0 unspecified atom stereocenters. The molecule has 0 bridgehead atoms. The monoisotopic (exact) mass is 216 g/mol. The Bertz CT molecular complexity index is 230. The van der Waals surface area contributed by atoms with Gasteiger partial charge in [0.25, 0.3) is 0 Å². The fourth-order valence-corrected chi connectivity index (χ4v) is 0.910. The first-order valence-corrected chi connectivity index (χ1v) is 4.46. The standard InChI is InChI=1S/C9H16N2O4/c1-3-5-11(7-8(12)13)9(14)10-4-6-15-2/h3H,1,4-7H2,2H3,(H,10,14)(H,12,13). The van der Waals surface area contributed by atoms with E-state index < -0.39 is 12.0 Å². The van der Waals surface area contributed by atoms with Crippen molar-refractivity contribution in [2.45, 2.75) is 0 Å². The third kappa shape index (κ3) is 6.50. The predicted molar refractivity (Wildman–Crippen MR) is 54.7 cm³/mol. The van der Waals surface area contributed by atoms with Gasteiger partial charge in [-0.15, -0.1) is 6.58 Å². The van der Waals surface area contributed by atoms with Crippen molar-refractivity contribution in [2.75, 3.05) is 33.4 Å². The van der Waals surface area contributed by atoms with E-state index in [1.165, 1.54) is 13.2 Å². The minimum atomic E-state index is -1.06. The number of rotatable bonds is 7. The maximum absolute atomic E-state index is 11.4. The van der Waals surface area contributed by atoms with Gasteiger partial charge in [0.05, 0.1) is 6.61 Å². The van der Waals surface area contributed by atoms with E-state index in [1.807, 2.05) is 0 Å². The number of carboxylic acid groups (broad SMARTS) is 1. The second-order valence-electron chi connectivity index (χ2n) is 2.79. The molecule has 0 aromatic carbocycles. The number of hydrogen-bond donors (Lipinski definition) is 2. The molecule has 6 nitrogen and oxygen atoms in total. The minimum Gasteiger partial charge on any atom is -0.480 e. The minimum absolute atomic E-state index is 0.200. The Labute approximate surface area is 88.5 Å². The molecule has 0 aliphatic heterocycles. The zero-order valence-corrected chi connectivity index (χ0v) is 8.73. The zero-order chi connectivity index (χ0) is 11.7. The molecule has 0 spiro atoms. The lowest BCUT2D eigenvalue weighted by atomic mass is 10.5. The van der Waals surface area contributed by atoms with Gasteiger partial charge in [0.2, 0.25) is 0 Å². The van der Waals surface area contributed by atoms with E-state index in [0.717, 1.165) is 4.90 Å². The summed E-state index contributed by atoms with van der Waals surface area (Å²) in [5.41, 5.74) is 0. The van der Waals surface area contributed by atoms with Crippen molar-refractivity contribution in [3.63, 3.8) is 0 Å². The summed E-state index contributed by atoms with van der Waals surface area (Å²) in [6.07, 6.45) is 1.47. The van der Waals surface area contributed by atoms with Crippen molar-refractivity contribution in [3.05, 3.63) is 12.7 Å². The summed E-state index contributed by atoms with van der Waals surface area (Å²) >= 11 is 0. The average molecular weight is 216 g/mol. The van der Waals surface area contributed by atoms with Gasteiger partial charge < -0.3 is 20.1 Å². The highest BCUT2D eigenvalue weighted by Gasteiger charge is 2.14. The summed E-state index contributed by atoms with van der Waals surface area (Å²) in [5.74, 6) is -1.06. The summed E-state index contributed by atoms with van der Waals surface area (Å²) in [7, 11) is 1.52. The van der Waals surface area contributed by atoms with E-state index in [9.17, 15) is 9.59 Å². The van der Waals surface area contributed by atoms with Crippen LogP contribution in [0.2, 0.25) is 0 Å². The maximum Gasteiger partial charge on any atom is 0.323 e. The fourth-order valence-electron chi connectivity index (χ4n) is 0.910. The molecule has 86 valence electrons. The largest absolute Gasteiger partial charge is 0.480 e. The lowest BCUT2D eigenvalue weighted by molar-refractivity contribution is -0.137. The van der Waals surface area contributed by atoms with E-state index in [0.29, 0.717) is 13.2 Å². The Morgan fingerprint density at radius 3 is 2.73 bits per heavy atom. The molecule has 0 radical (unpaired) electrons. The molecule has 0 saturated carbocycles. The Hall–Kier alpha value is -1.56. The SMILES string of the molecule is C=CCN(CC(=O)O)C(=O)NCCOC. The molecule has 0 saturated heterocycles. The van der Waals surface area contributed by atoms with Crippen molar-refractivity contribution in [3.8, 4) is 0 Å². The van der Waals surface area contributed by atoms with E-state index in [2.05, 4.69) is 11.9 Å². The summed E-state index contributed by atoms with van der Waals surface area (Å²) in [6, 6.07) is -0.436. The highest BCUT2D eigenvalue weighted by Crippen LogP contribution is 1.90. The number of nitrogens with one attached hydrogen (secondary N) is 1. The molecule has 0 rings (SSSR count). The Kier molecular flexibility index (Phi) is 7.00. The number of carboxylic acids is 1. The van der Waals surface area contributed by atoms with E-state index in [1.54, 1.807) is 0 Å². The Morgan fingerprint density at radius 2 is 2.27 bits per heavy atom. The second-order valence-corrected chi connectivity index (χ2v) is 2.79. The van der Waals surface area contributed by atoms with E-state index in [-0.39, 0.29) is 13.1 Å². The van der Waals surface area contributed by atoms with Crippen molar-refractivity contribution in [1.82, 2.24) is 10.2 Å². The number of urea groups is 1. The maximum atomic E-state index is 11.4. The average Bonchev–Trinajstić information content (AvgIpc) is 2.17. The Balaban J connectivity index is 4.03. The van der Waals surface area contributed by atoms with Gasteiger partial charge in [0, 0.05) is 20.2 Å². The van der Waals surface area contributed by atoms with Crippen LogP contribution in [0.5, 0.6) is 0 Å². The summed E-state index contributed by atoms with van der Waals surface area (Å²) in [5, 5.41) is 11.1. The number of hydrogen-bond acceptors (Lipinski definition) is 3. The highest BCUT2D eigenvalue weighted by molar-refractivity contribution is 5.80. The molecule has 15 heavy (non-hydrogen) atoms. The molecule has 6 heteroatoms. The summed E-state index contributed by atoms with van der Waals surface area (Å²) in [4.78, 5) is 23.0. The summed E-state index contributed by atoms with van der Waals surface area (Å²) in [6.45, 7) is 4.04. The molecular weight excluding hydrogens is 200 g/mol. The van der Waals surface area contributed by atoms with Gasteiger partial charge in [-0.25, -0.2) is 4.79 Å². The number of methoxy groups -OCH3 is 1. The van der Waals surface area contributed by atoms with Gasteiger partial charge in [-0.1, -0.05) is 6.08 Å². The number of nitrogens with zero attached hydrogens (tertiary/aromatic N) is 1. The number of aliphatic carboxylic acids is 1. The number of carbonyl (C=O) groups is 2. The van der Waals surface area contributed by atoms with Crippen molar-refractivity contribution < 1.29 is 19.4 Å². The van der Waals surface area contributed by atoms with Gasteiger partial charge >= 0.3 is 12.0 Å². The van der Waals surface area contributed by atoms with Crippen LogP contribution in [0.3, 0.4) is 0 Å². The molecule has 0 aliphatic rings. The van der Waals surface area contributed by atoms with Gasteiger partial charge in [-0.05, 0) is 0 Å². The number of amides is 2. The van der Waals surface area contributed by atoms with Crippen LogP contribution in [-0.2, 0) is 9.53 Å². The first-order valence-electron chi connectivity index (χ1n) is 4.46. The molecule has 0 atom stereocenters. The van der Waals surface area contributed by atoms with Crippen LogP contribution >= 0.6 is 0 Å². The van der Waals surface area contributed by atoms with E-state index in [4.69, 9.17) is 9.84 Å². The summed E-state index contributed by atoms with van der Waals surface area (Å²) < 4.78 is 4.74. The van der Waals surface area contributed by atoms with Crippen molar-refractivity contribution in [1.29, 1.82) is 0 Å². The molecule has 0 aliphatic carbocycles. The molecule has 0 fully saturated rings. The van der Waals surface area contributed by atoms with Crippen LogP contribution in [0, 0.1) is 0 Å². The smallest absolute Gasteiger partial charge is 0.323 e. The van der Waals surface area contributed by atoms with Crippen LogP contribution in [0.15, 0.2) is 12.7 Å². The molecule has 0 aromatic heterocycles. The van der Waals surface area contributed by atoms with Crippen molar-refractivity contribution in [2.24, 2.45) is 0 Å². The molecule has 0 aromatic rings. The zero-order valence-electron chi connectivity index (χ0n) is 8.73. The quantitative estimate of drug-likeness (QED) is 0.460. The van der Waals surface area contributed by atoms with Gasteiger partial charge in [0.1, 0.15) is 6.54 Å². The van der Waals surface area contributed by atoms with Gasteiger partial charge in [0.15, 0.2) is 0 Å². The first kappa shape index (κ1) is 13.4. The van der Waals surface area contributed by atoms with Gasteiger partial charge in [-0.3, -0.25) is 4.79 Å². The van der Waals surface area contributed by atoms with E-state index >= 15 is 0 Å². The van der Waals surface area contributed by atoms with Crippen LogP contribution in [0.4, 0.5) is 4.79 Å². The fraction of sp³-hybridized carbons (Fsp3) is 0.556. The lowest BCUT2D eigenvalue weighted by Crippen LogP contribution is -2.43. The van der Waals surface area contributed by atoms with Crippen LogP contribution in [-0.4, -0.2) is 55.4 Å². The first-order chi connectivity index (χ1) is 7.11. The predicted octanol–water partition coefficient (Wildman–Crippen LogP) is -0.0850. The Morgan fingerprint density at radius 1 is 1.60 bits per heavy atom. The molecular formula is C9H16N2O4. The number of ether oxygens (including phenoxy) is 1.